The first-order chi connectivity index (χ1) is 9.95. The predicted octanol–water partition coefficient (Wildman–Crippen LogP) is 1.10. The number of sulfonamides is 1. The third-order valence-electron chi connectivity index (χ3n) is 2.86. The van der Waals surface area contributed by atoms with Crippen molar-refractivity contribution < 1.29 is 17.2 Å². The third kappa shape index (κ3) is 3.42. The largest absolute Gasteiger partial charge is 0.318 e. The van der Waals surface area contributed by atoms with E-state index in [1.54, 1.807) is 4.57 Å². The van der Waals surface area contributed by atoms with Crippen LogP contribution in [-0.2, 0) is 23.0 Å². The quantitative estimate of drug-likeness (QED) is 0.866. The van der Waals surface area contributed by atoms with Gasteiger partial charge in [0.05, 0.1) is 0 Å². The minimum atomic E-state index is -4.25. The van der Waals surface area contributed by atoms with Crippen LogP contribution in [0.2, 0.25) is 0 Å². The molecular weight excluding hydrogens is 302 g/mol. The maximum absolute atomic E-state index is 13.5. The number of aromatic nitrogens is 3. The van der Waals surface area contributed by atoms with Gasteiger partial charge in [0.15, 0.2) is 4.90 Å². The van der Waals surface area contributed by atoms with E-state index >= 15 is 0 Å². The van der Waals surface area contributed by atoms with Gasteiger partial charge in [-0.15, -0.1) is 10.2 Å². The van der Waals surface area contributed by atoms with Gasteiger partial charge in [0.1, 0.15) is 23.8 Å². The lowest BCUT2D eigenvalue weighted by Crippen LogP contribution is -2.28. The Kier molecular flexibility index (Phi) is 4.63. The first-order valence-electron chi connectivity index (χ1n) is 6.26. The molecule has 0 saturated heterocycles. The Labute approximate surface area is 120 Å². The molecule has 0 amide bonds. The van der Waals surface area contributed by atoms with E-state index in [0.29, 0.717) is 12.4 Å². The summed E-state index contributed by atoms with van der Waals surface area (Å²) in [6.45, 7) is 2.51. The number of benzene rings is 1. The van der Waals surface area contributed by atoms with Crippen LogP contribution in [-0.4, -0.2) is 29.7 Å². The number of hydrogen-bond acceptors (Lipinski definition) is 4. The Morgan fingerprint density at radius 2 is 1.95 bits per heavy atom. The van der Waals surface area contributed by atoms with Gasteiger partial charge in [-0.3, -0.25) is 0 Å². The summed E-state index contributed by atoms with van der Waals surface area (Å²) in [6, 6.07) is 2.89. The number of rotatable bonds is 6. The summed E-state index contributed by atoms with van der Waals surface area (Å²) in [7, 11) is -4.25. The number of hydrogen-bond donors (Lipinski definition) is 1. The Balaban J connectivity index is 2.09. The van der Waals surface area contributed by atoms with E-state index in [1.165, 1.54) is 6.33 Å². The van der Waals surface area contributed by atoms with Crippen molar-refractivity contribution in [3.63, 3.8) is 0 Å². The summed E-state index contributed by atoms with van der Waals surface area (Å²) in [6.07, 6.45) is 1.80. The van der Waals surface area contributed by atoms with E-state index in [-0.39, 0.29) is 13.0 Å². The van der Waals surface area contributed by atoms with E-state index < -0.39 is 26.6 Å². The van der Waals surface area contributed by atoms with E-state index in [9.17, 15) is 17.2 Å². The van der Waals surface area contributed by atoms with Gasteiger partial charge in [0, 0.05) is 19.5 Å². The highest BCUT2D eigenvalue weighted by Crippen LogP contribution is 2.17. The molecule has 114 valence electrons. The predicted molar refractivity (Wildman–Crippen MR) is 70.9 cm³/mol. The van der Waals surface area contributed by atoms with E-state index in [2.05, 4.69) is 14.9 Å². The van der Waals surface area contributed by atoms with Crippen molar-refractivity contribution in [3.8, 4) is 0 Å². The van der Waals surface area contributed by atoms with Crippen LogP contribution in [0.4, 0.5) is 8.78 Å². The Morgan fingerprint density at radius 1 is 1.29 bits per heavy atom. The molecule has 21 heavy (non-hydrogen) atoms. The summed E-state index contributed by atoms with van der Waals surface area (Å²) < 4.78 is 54.7. The van der Waals surface area contributed by atoms with Gasteiger partial charge in [0.2, 0.25) is 10.0 Å². The van der Waals surface area contributed by atoms with Gasteiger partial charge in [0.25, 0.3) is 0 Å². The number of nitrogens with zero attached hydrogens (tertiary/aromatic N) is 3. The van der Waals surface area contributed by atoms with Crippen molar-refractivity contribution in [2.45, 2.75) is 24.8 Å². The summed E-state index contributed by atoms with van der Waals surface area (Å²) in [5.74, 6) is -1.66. The Bertz CT molecular complexity index is 710. The minimum absolute atomic E-state index is 0.0329. The molecule has 6 nitrogen and oxygen atoms in total. The fraction of sp³-hybridized carbons (Fsp3) is 0.333. The average Bonchev–Trinajstić information content (AvgIpc) is 2.85. The molecule has 0 aliphatic heterocycles. The monoisotopic (exact) mass is 316 g/mol. The molecule has 9 heteroatoms. The lowest BCUT2D eigenvalue weighted by molar-refractivity contribution is 0.513. The number of aryl methyl sites for hydroxylation is 1. The van der Waals surface area contributed by atoms with E-state index in [0.717, 1.165) is 18.2 Å². The Morgan fingerprint density at radius 3 is 2.57 bits per heavy atom. The van der Waals surface area contributed by atoms with Gasteiger partial charge < -0.3 is 4.57 Å². The molecule has 0 fully saturated rings. The van der Waals surface area contributed by atoms with Crippen LogP contribution >= 0.6 is 0 Å². The fourth-order valence-electron chi connectivity index (χ4n) is 1.85. The van der Waals surface area contributed by atoms with Crippen LogP contribution in [0, 0.1) is 11.6 Å². The second-order valence-electron chi connectivity index (χ2n) is 4.23. The van der Waals surface area contributed by atoms with Crippen LogP contribution < -0.4 is 4.72 Å². The molecular formula is C12H14F2N4O2S. The zero-order valence-corrected chi connectivity index (χ0v) is 12.1. The average molecular weight is 316 g/mol. The van der Waals surface area contributed by atoms with Gasteiger partial charge in [-0.05, 0) is 19.1 Å². The van der Waals surface area contributed by atoms with Gasteiger partial charge in [-0.2, -0.15) is 0 Å². The maximum atomic E-state index is 13.5. The van der Waals surface area contributed by atoms with Crippen LogP contribution in [0.15, 0.2) is 29.4 Å². The van der Waals surface area contributed by atoms with Gasteiger partial charge in [-0.25, -0.2) is 21.9 Å². The molecule has 0 spiro atoms. The van der Waals surface area contributed by atoms with Crippen LogP contribution in [0.1, 0.15) is 12.7 Å². The molecule has 0 aliphatic rings. The molecule has 1 heterocycles. The third-order valence-corrected chi connectivity index (χ3v) is 4.38. The topological polar surface area (TPSA) is 76.9 Å². The molecule has 0 bridgehead atoms. The molecule has 1 aromatic heterocycles. The highest BCUT2D eigenvalue weighted by Gasteiger charge is 2.23. The summed E-state index contributed by atoms with van der Waals surface area (Å²) in [5, 5.41) is 7.55. The molecule has 0 saturated carbocycles. The standard InChI is InChI=1S/C12H14F2N4O2S/c1-2-18-8-15-17-11(18)6-7-16-21(19,20)12-9(13)4-3-5-10(12)14/h3-5,8,16H,2,6-7H2,1H3. The second-order valence-corrected chi connectivity index (χ2v) is 5.94. The SMILES string of the molecule is CCn1cnnc1CCNS(=O)(=O)c1c(F)cccc1F. The molecule has 2 rings (SSSR count). The lowest BCUT2D eigenvalue weighted by atomic mass is 10.3. The van der Waals surface area contributed by atoms with Gasteiger partial charge in [-0.1, -0.05) is 6.07 Å². The van der Waals surface area contributed by atoms with Crippen molar-refractivity contribution in [1.82, 2.24) is 19.5 Å². The molecule has 2 aromatic rings. The minimum Gasteiger partial charge on any atom is -0.318 e. The van der Waals surface area contributed by atoms with Crippen molar-refractivity contribution in [1.29, 1.82) is 0 Å². The fourth-order valence-corrected chi connectivity index (χ4v) is 3.01. The highest BCUT2D eigenvalue weighted by atomic mass is 32.2. The van der Waals surface area contributed by atoms with Crippen molar-refractivity contribution in [2.24, 2.45) is 0 Å². The maximum Gasteiger partial charge on any atom is 0.246 e. The number of halogens is 2. The van der Waals surface area contributed by atoms with Crippen molar-refractivity contribution in [2.75, 3.05) is 6.54 Å². The zero-order valence-electron chi connectivity index (χ0n) is 11.3. The van der Waals surface area contributed by atoms with E-state index in [1.807, 2.05) is 6.92 Å². The smallest absolute Gasteiger partial charge is 0.246 e. The molecule has 1 aromatic carbocycles. The summed E-state index contributed by atoms with van der Waals surface area (Å²) in [5.41, 5.74) is 0. The van der Waals surface area contributed by atoms with Gasteiger partial charge >= 0.3 is 0 Å². The zero-order chi connectivity index (χ0) is 15.5. The first kappa shape index (κ1) is 15.5. The second kappa shape index (κ2) is 6.27. The number of nitrogens with one attached hydrogen (secondary N) is 1. The molecule has 0 aliphatic carbocycles. The van der Waals surface area contributed by atoms with Crippen LogP contribution in [0.25, 0.3) is 0 Å². The molecule has 0 unspecified atom stereocenters. The Hall–Kier alpha value is -1.87. The van der Waals surface area contributed by atoms with E-state index in [4.69, 9.17) is 0 Å². The molecule has 0 radical (unpaired) electrons. The summed E-state index contributed by atoms with van der Waals surface area (Å²) in [4.78, 5) is -0.970. The molecule has 0 atom stereocenters. The van der Waals surface area contributed by atoms with Crippen molar-refractivity contribution in [3.05, 3.63) is 42.0 Å². The van der Waals surface area contributed by atoms with Crippen molar-refractivity contribution >= 4 is 10.0 Å². The highest BCUT2D eigenvalue weighted by molar-refractivity contribution is 7.89. The van der Waals surface area contributed by atoms with Crippen LogP contribution in [0.5, 0.6) is 0 Å². The normalized spacial score (nSPS) is 11.8. The first-order valence-corrected chi connectivity index (χ1v) is 7.74. The lowest BCUT2D eigenvalue weighted by Gasteiger charge is -2.08. The summed E-state index contributed by atoms with van der Waals surface area (Å²) >= 11 is 0. The van der Waals surface area contributed by atoms with Crippen LogP contribution in [0.3, 0.4) is 0 Å². The molecule has 1 N–H and O–H groups in total.